The van der Waals surface area contributed by atoms with Crippen molar-refractivity contribution < 1.29 is 21.2 Å². The van der Waals surface area contributed by atoms with Crippen LogP contribution in [0.4, 0.5) is 10.1 Å². The van der Waals surface area contributed by atoms with Gasteiger partial charge < -0.3 is 0 Å². The number of benzene rings is 2. The molecule has 10 heteroatoms. The van der Waals surface area contributed by atoms with Crippen LogP contribution in [0.25, 0.3) is 6.08 Å². The lowest BCUT2D eigenvalue weighted by Crippen LogP contribution is -2.17. The summed E-state index contributed by atoms with van der Waals surface area (Å²) in [4.78, 5) is -0.552. The van der Waals surface area contributed by atoms with E-state index in [2.05, 4.69) is 0 Å². The molecule has 25 heavy (non-hydrogen) atoms. The third-order valence-corrected chi connectivity index (χ3v) is 4.95. The maximum atomic E-state index is 13.3. The second kappa shape index (κ2) is 7.02. The van der Waals surface area contributed by atoms with Crippen LogP contribution in [-0.4, -0.2) is 16.8 Å². The summed E-state index contributed by atoms with van der Waals surface area (Å²) in [5.41, 5.74) is 0.415. The first-order valence-corrected chi connectivity index (χ1v) is 9.73. The molecular weight excluding hydrogens is 369 g/mol. The van der Waals surface area contributed by atoms with Crippen LogP contribution in [0.5, 0.6) is 0 Å². The predicted molar refractivity (Wildman–Crippen MR) is 90.5 cm³/mol. The molecule has 0 fully saturated rings. The number of halogens is 1. The molecule has 2 aromatic carbocycles. The highest BCUT2D eigenvalue weighted by Crippen LogP contribution is 2.22. The second-order valence-electron chi connectivity index (χ2n) is 4.87. The van der Waals surface area contributed by atoms with Crippen molar-refractivity contribution in [2.75, 3.05) is 4.72 Å². The molecule has 0 saturated heterocycles. The number of rotatable bonds is 5. The van der Waals surface area contributed by atoms with Crippen LogP contribution < -0.4 is 9.86 Å². The van der Waals surface area contributed by atoms with Crippen LogP contribution in [0.2, 0.25) is 0 Å². The summed E-state index contributed by atoms with van der Waals surface area (Å²) in [7, 11) is -8.38. The van der Waals surface area contributed by atoms with E-state index in [1.807, 2.05) is 10.8 Å². The Hall–Kier alpha value is -2.74. The Morgan fingerprint density at radius 1 is 1.08 bits per heavy atom. The topological polar surface area (TPSA) is 130 Å². The molecule has 130 valence electrons. The molecule has 0 radical (unpaired) electrons. The minimum atomic E-state index is -4.25. The van der Waals surface area contributed by atoms with Gasteiger partial charge in [-0.3, -0.25) is 4.72 Å². The Bertz CT molecular complexity index is 1070. The van der Waals surface area contributed by atoms with Crippen LogP contribution in [0.1, 0.15) is 11.1 Å². The smallest absolute Gasteiger partial charge is 0.255 e. The fourth-order valence-electron chi connectivity index (χ4n) is 1.85. The Morgan fingerprint density at radius 2 is 1.72 bits per heavy atom. The van der Waals surface area contributed by atoms with Crippen molar-refractivity contribution >= 4 is 31.8 Å². The summed E-state index contributed by atoms with van der Waals surface area (Å²) in [6, 6.07) is 10.4. The van der Waals surface area contributed by atoms with Gasteiger partial charge >= 0.3 is 0 Å². The number of primary sulfonamides is 1. The van der Waals surface area contributed by atoms with Gasteiger partial charge in [0.25, 0.3) is 10.0 Å². The van der Waals surface area contributed by atoms with Gasteiger partial charge in [0.05, 0.1) is 22.7 Å². The van der Waals surface area contributed by atoms with Crippen molar-refractivity contribution in [1.82, 2.24) is 0 Å². The monoisotopic (exact) mass is 381 g/mol. The number of hydrogen-bond donors (Lipinski definition) is 2. The molecule has 2 rings (SSSR count). The highest BCUT2D eigenvalue weighted by Gasteiger charge is 2.18. The fraction of sp³-hybridized carbons (Fsp3) is 0. The van der Waals surface area contributed by atoms with E-state index >= 15 is 0 Å². The minimum absolute atomic E-state index is 0.413. The van der Waals surface area contributed by atoms with E-state index in [0.29, 0.717) is 17.2 Å². The lowest BCUT2D eigenvalue weighted by molar-refractivity contribution is 0.597. The zero-order chi connectivity index (χ0) is 18.7. The van der Waals surface area contributed by atoms with Gasteiger partial charge in [0.15, 0.2) is 0 Å². The van der Waals surface area contributed by atoms with E-state index in [4.69, 9.17) is 10.4 Å². The van der Waals surface area contributed by atoms with Gasteiger partial charge in [0.2, 0.25) is 10.0 Å². The van der Waals surface area contributed by atoms with Gasteiger partial charge in [-0.25, -0.2) is 26.4 Å². The van der Waals surface area contributed by atoms with Gasteiger partial charge in [-0.15, -0.1) is 0 Å². The first-order valence-electron chi connectivity index (χ1n) is 6.64. The minimum Gasteiger partial charge on any atom is -0.279 e. The van der Waals surface area contributed by atoms with Crippen LogP contribution >= 0.6 is 0 Å². The Kier molecular flexibility index (Phi) is 5.22. The molecule has 7 nitrogen and oxygen atoms in total. The molecule has 0 unspecified atom stereocenters. The van der Waals surface area contributed by atoms with Gasteiger partial charge in [0.1, 0.15) is 10.7 Å². The molecule has 0 aliphatic carbocycles. The zero-order valence-corrected chi connectivity index (χ0v) is 14.2. The average molecular weight is 381 g/mol. The lowest BCUT2D eigenvalue weighted by Gasteiger charge is -2.09. The normalized spacial score (nSPS) is 12.0. The summed E-state index contributed by atoms with van der Waals surface area (Å²) in [6.45, 7) is 0. The predicted octanol–water partition coefficient (Wildman–Crippen LogP) is 1.76. The van der Waals surface area contributed by atoms with E-state index < -0.39 is 36.4 Å². The summed E-state index contributed by atoms with van der Waals surface area (Å²) in [5, 5.41) is 14.5. The Morgan fingerprint density at radius 3 is 2.28 bits per heavy atom. The zero-order valence-electron chi connectivity index (χ0n) is 12.5. The molecule has 0 saturated carbocycles. The molecular formula is C15H12FN3O4S2. The molecule has 0 heterocycles. The van der Waals surface area contributed by atoms with Crippen LogP contribution in [0.15, 0.2) is 52.8 Å². The molecule has 2 aromatic rings. The molecule has 0 aliphatic heterocycles. The quantitative estimate of drug-likeness (QED) is 0.815. The van der Waals surface area contributed by atoms with Gasteiger partial charge in [-0.1, -0.05) is 12.1 Å². The molecule has 0 bridgehead atoms. The average Bonchev–Trinajstić information content (AvgIpc) is 2.52. The molecule has 0 spiro atoms. The summed E-state index contributed by atoms with van der Waals surface area (Å²) >= 11 is 0. The van der Waals surface area contributed by atoms with Crippen LogP contribution in [0, 0.1) is 17.1 Å². The lowest BCUT2D eigenvalue weighted by atomic mass is 10.1. The first kappa shape index (κ1) is 18.6. The van der Waals surface area contributed by atoms with Gasteiger partial charge in [0, 0.05) is 0 Å². The van der Waals surface area contributed by atoms with E-state index in [9.17, 15) is 21.2 Å². The second-order valence-corrected chi connectivity index (χ2v) is 7.97. The third-order valence-electron chi connectivity index (χ3n) is 2.98. The third kappa shape index (κ3) is 5.12. The number of hydrogen-bond acceptors (Lipinski definition) is 5. The molecule has 0 aliphatic rings. The van der Waals surface area contributed by atoms with Gasteiger partial charge in [-0.2, -0.15) is 5.26 Å². The van der Waals surface area contributed by atoms with E-state index in [-0.39, 0.29) is 0 Å². The van der Waals surface area contributed by atoms with Gasteiger partial charge in [-0.05, 0) is 42.0 Å². The number of nitrogens with one attached hydrogen (secondary N) is 1. The Labute approximate surface area is 144 Å². The van der Waals surface area contributed by atoms with Crippen molar-refractivity contribution in [1.29, 1.82) is 5.26 Å². The number of nitriles is 1. The van der Waals surface area contributed by atoms with Crippen LogP contribution in [0.3, 0.4) is 0 Å². The van der Waals surface area contributed by atoms with E-state index in [1.165, 1.54) is 30.3 Å². The Balaban J connectivity index is 2.31. The van der Waals surface area contributed by atoms with Crippen molar-refractivity contribution in [3.05, 3.63) is 64.8 Å². The number of nitrogens with zero attached hydrogens (tertiary/aromatic N) is 1. The molecule has 0 atom stereocenters. The SMILES string of the molecule is N#Cc1ccc(C=CS(=O)(=O)Nc2cc(F)ccc2S(N)(=O)=O)cc1. The molecule has 0 aromatic heterocycles. The van der Waals surface area contributed by atoms with Crippen molar-refractivity contribution in [2.45, 2.75) is 4.90 Å². The first-order chi connectivity index (χ1) is 11.6. The fourth-order valence-corrected chi connectivity index (χ4v) is 3.47. The number of nitrogens with two attached hydrogens (primary N) is 1. The maximum absolute atomic E-state index is 13.3. The van der Waals surface area contributed by atoms with Crippen molar-refractivity contribution in [3.63, 3.8) is 0 Å². The molecule has 0 amide bonds. The van der Waals surface area contributed by atoms with E-state index in [1.54, 1.807) is 0 Å². The van der Waals surface area contributed by atoms with Crippen LogP contribution in [-0.2, 0) is 20.0 Å². The number of sulfonamides is 2. The van der Waals surface area contributed by atoms with Crippen molar-refractivity contribution in [2.24, 2.45) is 5.14 Å². The van der Waals surface area contributed by atoms with Crippen molar-refractivity contribution in [3.8, 4) is 6.07 Å². The number of anilines is 1. The largest absolute Gasteiger partial charge is 0.279 e. The maximum Gasteiger partial charge on any atom is 0.255 e. The standard InChI is InChI=1S/C15H12FN3O4S2/c16-13-5-6-15(25(18,22)23)14(9-13)19-24(20,21)8-7-11-1-3-12(10-17)4-2-11/h1-9,19H,(H2,18,22,23). The summed E-state index contributed by atoms with van der Waals surface area (Å²) in [6.07, 6.45) is 1.24. The summed E-state index contributed by atoms with van der Waals surface area (Å²) < 4.78 is 62.4. The van der Waals surface area contributed by atoms with E-state index in [0.717, 1.165) is 17.5 Å². The summed E-state index contributed by atoms with van der Waals surface area (Å²) in [5.74, 6) is -0.832. The highest BCUT2D eigenvalue weighted by atomic mass is 32.2. The molecule has 3 N–H and O–H groups in total. The highest BCUT2D eigenvalue weighted by molar-refractivity contribution is 7.95.